The molecule has 2 saturated heterocycles. The van der Waals surface area contributed by atoms with Crippen molar-refractivity contribution < 1.29 is 23.5 Å². The molecule has 0 radical (unpaired) electrons. The van der Waals surface area contributed by atoms with Crippen molar-refractivity contribution in [2.24, 2.45) is 0 Å². The van der Waals surface area contributed by atoms with Crippen LogP contribution in [0.15, 0.2) is 18.2 Å². The highest BCUT2D eigenvalue weighted by Gasteiger charge is 2.27. The van der Waals surface area contributed by atoms with Crippen molar-refractivity contribution in [3.8, 4) is 0 Å². The number of halogens is 2. The molecular weight excluding hydrogens is 394 g/mol. The van der Waals surface area contributed by atoms with Gasteiger partial charge < -0.3 is 25.1 Å². The standard InChI is InChI=1S/C20H30F2N4O.CH2O2/c1-24-10-12-25(13-11-24)9-7-17-4-2-3-8-26(17)20(27)23-15-16-5-6-18(21)19(22)14-16;2-1-3/h5-6,14,17H,2-4,7-13,15H2,1H3,(H,23,27);1H,(H,2,3). The number of piperazine rings is 1. The van der Waals surface area contributed by atoms with Gasteiger partial charge >= 0.3 is 6.03 Å². The Bertz CT molecular complexity index is 684. The summed E-state index contributed by atoms with van der Waals surface area (Å²) in [6, 6.07) is 3.87. The topological polar surface area (TPSA) is 76.1 Å². The Morgan fingerprint density at radius 2 is 1.87 bits per heavy atom. The van der Waals surface area contributed by atoms with E-state index in [0.29, 0.717) is 5.56 Å². The summed E-state index contributed by atoms with van der Waals surface area (Å²) in [5.41, 5.74) is 0.563. The summed E-state index contributed by atoms with van der Waals surface area (Å²) in [5, 5.41) is 9.76. The predicted octanol–water partition coefficient (Wildman–Crippen LogP) is 2.37. The number of likely N-dealkylation sites (tertiary alicyclic amines) is 1. The van der Waals surface area contributed by atoms with Crippen LogP contribution in [-0.4, -0.2) is 84.7 Å². The lowest BCUT2D eigenvalue weighted by Crippen LogP contribution is -2.50. The molecule has 1 aromatic rings. The van der Waals surface area contributed by atoms with E-state index in [1.807, 2.05) is 4.90 Å². The van der Waals surface area contributed by atoms with Gasteiger partial charge in [-0.15, -0.1) is 0 Å². The van der Waals surface area contributed by atoms with Crippen molar-refractivity contribution >= 4 is 12.5 Å². The Morgan fingerprint density at radius 3 is 2.53 bits per heavy atom. The van der Waals surface area contributed by atoms with Crippen molar-refractivity contribution in [3.05, 3.63) is 35.4 Å². The molecular formula is C21H32F2N4O3. The summed E-state index contributed by atoms with van der Waals surface area (Å²) in [7, 11) is 2.15. The van der Waals surface area contributed by atoms with Crippen LogP contribution >= 0.6 is 0 Å². The number of piperidine rings is 1. The fourth-order valence-electron chi connectivity index (χ4n) is 3.90. The number of hydrogen-bond acceptors (Lipinski definition) is 4. The summed E-state index contributed by atoms with van der Waals surface area (Å²) in [5.74, 6) is -1.75. The number of urea groups is 1. The molecule has 2 aliphatic heterocycles. The second-order valence-corrected chi connectivity index (χ2v) is 7.79. The molecule has 168 valence electrons. The third-order valence-corrected chi connectivity index (χ3v) is 5.69. The minimum absolute atomic E-state index is 0.109. The maximum absolute atomic E-state index is 13.3. The van der Waals surface area contributed by atoms with Gasteiger partial charge in [-0.05, 0) is 50.4 Å². The number of rotatable bonds is 5. The minimum atomic E-state index is -0.884. The van der Waals surface area contributed by atoms with Crippen molar-refractivity contribution in [3.63, 3.8) is 0 Å². The van der Waals surface area contributed by atoms with Gasteiger partial charge in [-0.25, -0.2) is 13.6 Å². The first-order valence-electron chi connectivity index (χ1n) is 10.4. The first kappa shape index (κ1) is 24.0. The molecule has 0 aromatic heterocycles. The number of carbonyl (C=O) groups is 2. The van der Waals surface area contributed by atoms with Gasteiger partial charge in [0.05, 0.1) is 0 Å². The quantitative estimate of drug-likeness (QED) is 0.707. The molecule has 1 unspecified atom stereocenters. The molecule has 0 saturated carbocycles. The summed E-state index contributed by atoms with van der Waals surface area (Å²) < 4.78 is 26.3. The van der Waals surface area contributed by atoms with Crippen LogP contribution in [0.4, 0.5) is 13.6 Å². The minimum Gasteiger partial charge on any atom is -0.483 e. The molecule has 2 fully saturated rings. The summed E-state index contributed by atoms with van der Waals surface area (Å²) in [6.45, 7) is 6.11. The zero-order valence-electron chi connectivity index (χ0n) is 17.5. The summed E-state index contributed by atoms with van der Waals surface area (Å²) in [6.07, 6.45) is 4.19. The van der Waals surface area contributed by atoms with Crippen molar-refractivity contribution in [2.75, 3.05) is 46.3 Å². The van der Waals surface area contributed by atoms with Gasteiger partial charge in [-0.3, -0.25) is 4.79 Å². The molecule has 2 heterocycles. The lowest BCUT2D eigenvalue weighted by Gasteiger charge is -2.38. The molecule has 0 bridgehead atoms. The molecule has 0 aliphatic carbocycles. The number of benzene rings is 1. The van der Waals surface area contributed by atoms with Crippen molar-refractivity contribution in [1.82, 2.24) is 20.0 Å². The van der Waals surface area contributed by atoms with Gasteiger partial charge in [-0.2, -0.15) is 0 Å². The molecule has 2 N–H and O–H groups in total. The van der Waals surface area contributed by atoms with Crippen LogP contribution in [-0.2, 0) is 11.3 Å². The van der Waals surface area contributed by atoms with Crippen LogP contribution in [0.3, 0.4) is 0 Å². The zero-order chi connectivity index (χ0) is 21.9. The Labute approximate surface area is 176 Å². The van der Waals surface area contributed by atoms with E-state index in [4.69, 9.17) is 9.90 Å². The Kier molecular flexibility index (Phi) is 9.96. The SMILES string of the molecule is CN1CCN(CCC2CCCCN2C(=O)NCc2ccc(F)c(F)c2)CC1.O=CO. The summed E-state index contributed by atoms with van der Waals surface area (Å²) >= 11 is 0. The van der Waals surface area contributed by atoms with Crippen LogP contribution in [0.2, 0.25) is 0 Å². The van der Waals surface area contributed by atoms with E-state index in [9.17, 15) is 13.6 Å². The third-order valence-electron chi connectivity index (χ3n) is 5.69. The van der Waals surface area contributed by atoms with E-state index in [0.717, 1.165) is 77.1 Å². The lowest BCUT2D eigenvalue weighted by atomic mass is 9.99. The lowest BCUT2D eigenvalue weighted by molar-refractivity contribution is -0.122. The Balaban J connectivity index is 0.00000101. The van der Waals surface area contributed by atoms with Gasteiger partial charge in [0, 0.05) is 51.9 Å². The van der Waals surface area contributed by atoms with Gasteiger partial charge in [0.1, 0.15) is 0 Å². The van der Waals surface area contributed by atoms with Crippen LogP contribution in [0.5, 0.6) is 0 Å². The average molecular weight is 427 g/mol. The normalized spacial score (nSPS) is 20.2. The van der Waals surface area contributed by atoms with Crippen LogP contribution < -0.4 is 5.32 Å². The van der Waals surface area contributed by atoms with Crippen LogP contribution in [0.1, 0.15) is 31.2 Å². The van der Waals surface area contributed by atoms with Gasteiger partial charge in [0.2, 0.25) is 0 Å². The number of nitrogens with zero attached hydrogens (tertiary/aromatic N) is 3. The number of carboxylic acid groups (broad SMARTS) is 1. The van der Waals surface area contributed by atoms with Crippen molar-refractivity contribution in [2.45, 2.75) is 38.3 Å². The first-order valence-corrected chi connectivity index (χ1v) is 10.4. The second-order valence-electron chi connectivity index (χ2n) is 7.79. The van der Waals surface area contributed by atoms with E-state index >= 15 is 0 Å². The molecule has 1 atom stereocenters. The fraction of sp³-hybridized carbons (Fsp3) is 0.619. The monoisotopic (exact) mass is 426 g/mol. The number of amides is 2. The van der Waals surface area contributed by atoms with E-state index in [1.165, 1.54) is 6.07 Å². The highest BCUT2D eigenvalue weighted by atomic mass is 19.2. The zero-order valence-corrected chi connectivity index (χ0v) is 17.5. The predicted molar refractivity (Wildman–Crippen MR) is 110 cm³/mol. The Hall–Kier alpha value is -2.26. The largest absolute Gasteiger partial charge is 0.483 e. The summed E-state index contributed by atoms with van der Waals surface area (Å²) in [4.78, 5) is 27.8. The van der Waals surface area contributed by atoms with Gasteiger partial charge in [-0.1, -0.05) is 6.07 Å². The molecule has 0 spiro atoms. The van der Waals surface area contributed by atoms with E-state index in [-0.39, 0.29) is 25.1 Å². The number of hydrogen-bond donors (Lipinski definition) is 2. The van der Waals surface area contributed by atoms with Crippen LogP contribution in [0, 0.1) is 11.6 Å². The maximum atomic E-state index is 13.3. The van der Waals surface area contributed by atoms with E-state index in [1.54, 1.807) is 0 Å². The van der Waals surface area contributed by atoms with E-state index in [2.05, 4.69) is 22.2 Å². The fourth-order valence-corrected chi connectivity index (χ4v) is 3.90. The van der Waals surface area contributed by atoms with Gasteiger partial charge in [0.15, 0.2) is 11.6 Å². The molecule has 7 nitrogen and oxygen atoms in total. The Morgan fingerprint density at radius 1 is 1.17 bits per heavy atom. The molecule has 30 heavy (non-hydrogen) atoms. The highest BCUT2D eigenvalue weighted by Crippen LogP contribution is 2.20. The third kappa shape index (κ3) is 7.53. The maximum Gasteiger partial charge on any atom is 0.317 e. The smallest absolute Gasteiger partial charge is 0.317 e. The number of nitrogens with one attached hydrogen (secondary N) is 1. The molecule has 2 aliphatic rings. The highest BCUT2D eigenvalue weighted by molar-refractivity contribution is 5.74. The number of likely N-dealkylation sites (N-methyl/N-ethyl adjacent to an activating group) is 1. The van der Waals surface area contributed by atoms with Gasteiger partial charge in [0.25, 0.3) is 6.47 Å². The molecule has 1 aromatic carbocycles. The molecule has 3 rings (SSSR count). The first-order chi connectivity index (χ1) is 14.4. The van der Waals surface area contributed by atoms with E-state index < -0.39 is 11.6 Å². The molecule has 9 heteroatoms. The average Bonchev–Trinajstić information content (AvgIpc) is 2.75. The second kappa shape index (κ2) is 12.4. The molecule has 2 amide bonds. The van der Waals surface area contributed by atoms with Crippen molar-refractivity contribution in [1.29, 1.82) is 0 Å². The van der Waals surface area contributed by atoms with Crippen LogP contribution in [0.25, 0.3) is 0 Å². The number of carbonyl (C=O) groups excluding carboxylic acids is 1.